The highest BCUT2D eigenvalue weighted by Gasteiger charge is 2.36. The van der Waals surface area contributed by atoms with Crippen molar-refractivity contribution in [1.82, 2.24) is 5.32 Å². The van der Waals surface area contributed by atoms with Gasteiger partial charge >= 0.3 is 0 Å². The molecule has 0 aromatic rings. The molecule has 1 unspecified atom stereocenters. The van der Waals surface area contributed by atoms with E-state index in [1.807, 2.05) is 41.5 Å². The standard InChI is InChI=1S/C19H30BrN3O3/c1-18(2,3)11-7-10(8-12(15(11)24)19(4,5)6)16(25)23-17(26)14(20)13(22)9-21/h7,10,24H,8-9,21-22H2,1-6H3,(H,23,25,26)/b14-13-. The molecule has 2 amide bonds. The maximum absolute atomic E-state index is 12.7. The van der Waals surface area contributed by atoms with E-state index in [4.69, 9.17) is 11.5 Å². The van der Waals surface area contributed by atoms with E-state index in [1.165, 1.54) is 0 Å². The number of nitrogens with two attached hydrogens (primary N) is 2. The number of aliphatic hydroxyl groups is 1. The van der Waals surface area contributed by atoms with Crippen molar-refractivity contribution in [3.8, 4) is 0 Å². The lowest BCUT2D eigenvalue weighted by Crippen LogP contribution is -2.38. The van der Waals surface area contributed by atoms with Gasteiger partial charge in [0.2, 0.25) is 5.91 Å². The van der Waals surface area contributed by atoms with Crippen molar-refractivity contribution in [1.29, 1.82) is 0 Å². The highest BCUT2D eigenvalue weighted by atomic mass is 79.9. The molecular formula is C19H30BrN3O3. The quantitative estimate of drug-likeness (QED) is 0.516. The molecule has 0 aliphatic heterocycles. The van der Waals surface area contributed by atoms with E-state index in [0.29, 0.717) is 12.0 Å². The van der Waals surface area contributed by atoms with Crippen molar-refractivity contribution in [3.05, 3.63) is 33.2 Å². The summed E-state index contributed by atoms with van der Waals surface area (Å²) < 4.78 is 0.0543. The number of hydrogen-bond donors (Lipinski definition) is 4. The van der Waals surface area contributed by atoms with Crippen LogP contribution in [0.5, 0.6) is 0 Å². The van der Waals surface area contributed by atoms with Gasteiger partial charge in [-0.3, -0.25) is 14.9 Å². The molecule has 7 heteroatoms. The van der Waals surface area contributed by atoms with E-state index >= 15 is 0 Å². The predicted octanol–water partition coefficient (Wildman–Crippen LogP) is 3.00. The summed E-state index contributed by atoms with van der Waals surface area (Å²) in [6.07, 6.45) is 2.10. The molecule has 1 aliphatic rings. The summed E-state index contributed by atoms with van der Waals surface area (Å²) in [5, 5.41) is 13.1. The molecule has 0 aromatic heterocycles. The van der Waals surface area contributed by atoms with Crippen LogP contribution >= 0.6 is 15.9 Å². The Morgan fingerprint density at radius 2 is 1.77 bits per heavy atom. The van der Waals surface area contributed by atoms with Crippen LogP contribution in [-0.4, -0.2) is 23.5 Å². The highest BCUT2D eigenvalue weighted by molar-refractivity contribution is 9.12. The van der Waals surface area contributed by atoms with E-state index < -0.39 is 17.7 Å². The van der Waals surface area contributed by atoms with Crippen LogP contribution in [0.4, 0.5) is 0 Å². The third-order valence-corrected chi connectivity index (χ3v) is 5.19. The molecule has 0 saturated heterocycles. The van der Waals surface area contributed by atoms with Crippen LogP contribution < -0.4 is 16.8 Å². The smallest absolute Gasteiger partial charge is 0.266 e. The Morgan fingerprint density at radius 3 is 2.19 bits per heavy atom. The minimum atomic E-state index is -0.625. The summed E-state index contributed by atoms with van der Waals surface area (Å²) in [5.74, 6) is -1.38. The average Bonchev–Trinajstić information content (AvgIpc) is 2.50. The van der Waals surface area contributed by atoms with Crippen molar-refractivity contribution < 1.29 is 14.7 Å². The normalized spacial score (nSPS) is 19.7. The Kier molecular flexibility index (Phi) is 6.87. The SMILES string of the molecule is CC(C)(C)C1=CC(C(=O)NC(=O)/C(Br)=C(/N)CN)CC(C(C)(C)C)=C1O. The second kappa shape index (κ2) is 7.96. The van der Waals surface area contributed by atoms with Gasteiger partial charge < -0.3 is 16.6 Å². The van der Waals surface area contributed by atoms with Gasteiger partial charge in [-0.2, -0.15) is 0 Å². The topological polar surface area (TPSA) is 118 Å². The lowest BCUT2D eigenvalue weighted by molar-refractivity contribution is -0.129. The lowest BCUT2D eigenvalue weighted by atomic mass is 9.71. The molecule has 1 aliphatic carbocycles. The second-order valence-electron chi connectivity index (χ2n) is 8.58. The Labute approximate surface area is 163 Å². The van der Waals surface area contributed by atoms with Crippen molar-refractivity contribution in [2.24, 2.45) is 28.2 Å². The van der Waals surface area contributed by atoms with Crippen molar-refractivity contribution >= 4 is 27.7 Å². The first-order chi connectivity index (χ1) is 11.7. The number of hydrogen-bond acceptors (Lipinski definition) is 5. The molecule has 146 valence electrons. The molecule has 0 spiro atoms. The van der Waals surface area contributed by atoms with E-state index in [1.54, 1.807) is 6.08 Å². The summed E-state index contributed by atoms with van der Waals surface area (Å²) in [5.41, 5.74) is 12.1. The molecule has 0 heterocycles. The van der Waals surface area contributed by atoms with E-state index in [0.717, 1.165) is 5.57 Å². The van der Waals surface area contributed by atoms with Crippen molar-refractivity contribution in [3.63, 3.8) is 0 Å². The monoisotopic (exact) mass is 427 g/mol. The van der Waals surface area contributed by atoms with Crippen LogP contribution in [0, 0.1) is 16.7 Å². The molecular weight excluding hydrogens is 398 g/mol. The fraction of sp³-hybridized carbons (Fsp3) is 0.579. The Hall–Kier alpha value is -1.60. The number of carbonyl (C=O) groups excluding carboxylic acids is 2. The number of amides is 2. The first-order valence-electron chi connectivity index (χ1n) is 8.54. The minimum absolute atomic E-state index is 0.00444. The number of aliphatic hydroxyl groups excluding tert-OH is 1. The van der Waals surface area contributed by atoms with Crippen LogP contribution in [0.25, 0.3) is 0 Å². The van der Waals surface area contributed by atoms with Crippen LogP contribution in [-0.2, 0) is 9.59 Å². The van der Waals surface area contributed by atoms with Gasteiger partial charge in [0, 0.05) is 12.2 Å². The fourth-order valence-electron chi connectivity index (χ4n) is 2.75. The third kappa shape index (κ3) is 5.20. The number of rotatable bonds is 3. The Balaban J connectivity index is 3.20. The van der Waals surface area contributed by atoms with Gasteiger partial charge in [0.15, 0.2) is 0 Å². The van der Waals surface area contributed by atoms with Crippen LogP contribution in [0.15, 0.2) is 33.2 Å². The zero-order valence-corrected chi connectivity index (χ0v) is 18.0. The van der Waals surface area contributed by atoms with Crippen LogP contribution in [0.3, 0.4) is 0 Å². The van der Waals surface area contributed by atoms with Gasteiger partial charge in [-0.25, -0.2) is 0 Å². The molecule has 0 fully saturated rings. The first-order valence-corrected chi connectivity index (χ1v) is 9.34. The number of halogens is 1. The summed E-state index contributed by atoms with van der Waals surface area (Å²) in [6, 6.07) is 0. The maximum Gasteiger partial charge on any atom is 0.266 e. The molecule has 6 N–H and O–H groups in total. The van der Waals surface area contributed by atoms with Crippen molar-refractivity contribution in [2.45, 2.75) is 48.0 Å². The molecule has 0 bridgehead atoms. The zero-order chi connectivity index (χ0) is 20.4. The first kappa shape index (κ1) is 22.4. The number of carbonyl (C=O) groups is 2. The maximum atomic E-state index is 12.7. The predicted molar refractivity (Wildman–Crippen MR) is 107 cm³/mol. The number of imide groups is 1. The molecule has 0 radical (unpaired) electrons. The Bertz CT molecular complexity index is 692. The number of allylic oxidation sites excluding steroid dienone is 2. The van der Waals surface area contributed by atoms with Crippen LogP contribution in [0.1, 0.15) is 48.0 Å². The Morgan fingerprint density at radius 1 is 1.23 bits per heavy atom. The minimum Gasteiger partial charge on any atom is -0.508 e. The van der Waals surface area contributed by atoms with Gasteiger partial charge in [0.05, 0.1) is 5.92 Å². The van der Waals surface area contributed by atoms with Gasteiger partial charge in [-0.1, -0.05) is 47.6 Å². The molecule has 1 atom stereocenters. The molecule has 0 aromatic carbocycles. The largest absolute Gasteiger partial charge is 0.508 e. The summed E-state index contributed by atoms with van der Waals surface area (Å²) in [6.45, 7) is 11.9. The average molecular weight is 428 g/mol. The second-order valence-corrected chi connectivity index (χ2v) is 9.37. The van der Waals surface area contributed by atoms with E-state index in [9.17, 15) is 14.7 Å². The van der Waals surface area contributed by atoms with E-state index in [-0.39, 0.29) is 33.3 Å². The number of nitrogens with one attached hydrogen (secondary N) is 1. The summed E-state index contributed by atoms with van der Waals surface area (Å²) in [7, 11) is 0. The van der Waals surface area contributed by atoms with Crippen LogP contribution in [0.2, 0.25) is 0 Å². The molecule has 1 rings (SSSR count). The molecule has 0 saturated carbocycles. The van der Waals surface area contributed by atoms with E-state index in [2.05, 4.69) is 21.2 Å². The van der Waals surface area contributed by atoms with Gasteiger partial charge in [0.25, 0.3) is 5.91 Å². The third-order valence-electron chi connectivity index (χ3n) is 4.32. The van der Waals surface area contributed by atoms with Crippen molar-refractivity contribution in [2.75, 3.05) is 6.54 Å². The highest BCUT2D eigenvalue weighted by Crippen LogP contribution is 2.43. The van der Waals surface area contributed by atoms with Gasteiger partial charge in [0.1, 0.15) is 10.2 Å². The lowest BCUT2D eigenvalue weighted by Gasteiger charge is -2.35. The zero-order valence-electron chi connectivity index (χ0n) is 16.4. The molecule has 6 nitrogen and oxygen atoms in total. The molecule has 26 heavy (non-hydrogen) atoms. The summed E-state index contributed by atoms with van der Waals surface area (Å²) in [4.78, 5) is 24.8. The van der Waals surface area contributed by atoms with Gasteiger partial charge in [-0.15, -0.1) is 0 Å². The van der Waals surface area contributed by atoms with Gasteiger partial charge in [-0.05, 0) is 44.3 Å². The summed E-state index contributed by atoms with van der Waals surface area (Å²) >= 11 is 3.06. The fourth-order valence-corrected chi connectivity index (χ4v) is 3.01.